The summed E-state index contributed by atoms with van der Waals surface area (Å²) in [6.07, 6.45) is 4.52. The van der Waals surface area contributed by atoms with Gasteiger partial charge in [0.1, 0.15) is 0 Å². The molecule has 0 aromatic rings. The Labute approximate surface area is 86.0 Å². The molecule has 0 amide bonds. The molecule has 0 unspecified atom stereocenters. The van der Waals surface area contributed by atoms with Crippen molar-refractivity contribution >= 4 is 5.97 Å². The molecule has 3 aliphatic carbocycles. The summed E-state index contributed by atoms with van der Waals surface area (Å²) in [4.78, 5) is 11.2. The third kappa shape index (κ3) is 1.35. The number of carbonyl (C=O) groups excluding carboxylic acids is 1. The fourth-order valence-corrected chi connectivity index (χ4v) is 3.50. The first kappa shape index (κ1) is 10.0. The van der Waals surface area contributed by atoms with Crippen molar-refractivity contribution < 1.29 is 9.53 Å². The van der Waals surface area contributed by atoms with Crippen LogP contribution in [0.5, 0.6) is 0 Å². The van der Waals surface area contributed by atoms with E-state index in [9.17, 15) is 4.79 Å². The molecule has 3 atom stereocenters. The zero-order chi connectivity index (χ0) is 10.3. The van der Waals surface area contributed by atoms with Crippen LogP contribution in [0.2, 0.25) is 0 Å². The lowest BCUT2D eigenvalue weighted by Crippen LogP contribution is -2.52. The van der Waals surface area contributed by atoms with Crippen LogP contribution in [0.25, 0.3) is 0 Å². The first-order valence-electron chi connectivity index (χ1n) is 5.62. The van der Waals surface area contributed by atoms with Crippen LogP contribution in [0, 0.1) is 23.2 Å². The number of esters is 1. The van der Waals surface area contributed by atoms with E-state index in [-0.39, 0.29) is 5.97 Å². The van der Waals surface area contributed by atoms with Crippen molar-refractivity contribution in [3.63, 3.8) is 0 Å². The van der Waals surface area contributed by atoms with E-state index in [1.54, 1.807) is 0 Å². The van der Waals surface area contributed by atoms with Crippen molar-refractivity contribution in [1.29, 1.82) is 0 Å². The van der Waals surface area contributed by atoms with Crippen LogP contribution >= 0.6 is 0 Å². The number of methoxy groups -OCH3 is 1. The summed E-state index contributed by atoms with van der Waals surface area (Å²) in [5.41, 5.74) is 0.483. The van der Waals surface area contributed by atoms with Crippen LogP contribution in [-0.4, -0.2) is 13.1 Å². The minimum Gasteiger partial charge on any atom is -0.469 e. The van der Waals surface area contributed by atoms with Crippen LogP contribution in [0.15, 0.2) is 0 Å². The third-order valence-corrected chi connectivity index (χ3v) is 4.66. The number of hydrogen-bond acceptors (Lipinski definition) is 2. The second-order valence-corrected chi connectivity index (χ2v) is 5.48. The Hall–Kier alpha value is -0.530. The highest BCUT2D eigenvalue weighted by Gasteiger charge is 2.54. The molecule has 3 rings (SSSR count). The molecule has 0 aromatic carbocycles. The maximum Gasteiger partial charge on any atom is 0.305 e. The van der Waals surface area contributed by atoms with E-state index < -0.39 is 0 Å². The zero-order valence-corrected chi connectivity index (χ0v) is 9.38. The molecule has 2 nitrogen and oxygen atoms in total. The highest BCUT2D eigenvalue weighted by atomic mass is 16.5. The minimum atomic E-state index is -0.0313. The molecule has 3 aliphatic rings. The van der Waals surface area contributed by atoms with Crippen molar-refractivity contribution in [2.75, 3.05) is 7.11 Å². The Bertz CT molecular complexity index is 243. The monoisotopic (exact) mass is 196 g/mol. The first-order chi connectivity index (χ1) is 6.55. The lowest BCUT2D eigenvalue weighted by atomic mass is 9.45. The Balaban J connectivity index is 1.97. The molecular formula is C12H20O2. The predicted molar refractivity (Wildman–Crippen MR) is 54.7 cm³/mol. The van der Waals surface area contributed by atoms with Gasteiger partial charge in [-0.25, -0.2) is 0 Å². The van der Waals surface area contributed by atoms with E-state index in [1.165, 1.54) is 26.4 Å². The van der Waals surface area contributed by atoms with Gasteiger partial charge < -0.3 is 4.74 Å². The highest BCUT2D eigenvalue weighted by molar-refractivity contribution is 5.69. The van der Waals surface area contributed by atoms with Gasteiger partial charge in [0, 0.05) is 6.42 Å². The van der Waals surface area contributed by atoms with Crippen molar-refractivity contribution in [3.05, 3.63) is 0 Å². The molecule has 0 aliphatic heterocycles. The van der Waals surface area contributed by atoms with Crippen molar-refractivity contribution in [2.24, 2.45) is 23.2 Å². The second kappa shape index (κ2) is 3.25. The molecule has 3 saturated carbocycles. The summed E-state index contributed by atoms with van der Waals surface area (Å²) in [6, 6.07) is 0. The van der Waals surface area contributed by atoms with Gasteiger partial charge in [0.05, 0.1) is 7.11 Å². The molecule has 3 fully saturated rings. The SMILES string of the molecule is COC(=O)C[C@H]1CC[C@@H]2C[C@H]1C2(C)C. The second-order valence-electron chi connectivity index (χ2n) is 5.48. The smallest absolute Gasteiger partial charge is 0.305 e. The fraction of sp³-hybridized carbons (Fsp3) is 0.917. The van der Waals surface area contributed by atoms with Gasteiger partial charge in [-0.3, -0.25) is 4.79 Å². The van der Waals surface area contributed by atoms with Crippen LogP contribution in [0.1, 0.15) is 39.5 Å². The summed E-state index contributed by atoms with van der Waals surface area (Å²) in [5.74, 6) is 2.24. The van der Waals surface area contributed by atoms with Gasteiger partial charge >= 0.3 is 5.97 Å². The number of ether oxygens (including phenoxy) is 1. The van der Waals surface area contributed by atoms with E-state index in [4.69, 9.17) is 4.74 Å². The van der Waals surface area contributed by atoms with Crippen LogP contribution in [0.4, 0.5) is 0 Å². The lowest BCUT2D eigenvalue weighted by Gasteiger charge is -2.60. The molecule has 2 bridgehead atoms. The van der Waals surface area contributed by atoms with Crippen LogP contribution in [-0.2, 0) is 9.53 Å². The lowest BCUT2D eigenvalue weighted by molar-refractivity contribution is -0.150. The molecule has 0 heterocycles. The molecule has 0 saturated heterocycles. The quantitative estimate of drug-likeness (QED) is 0.635. The molecule has 0 aromatic heterocycles. The van der Waals surface area contributed by atoms with Crippen LogP contribution in [0.3, 0.4) is 0 Å². The van der Waals surface area contributed by atoms with Crippen LogP contribution < -0.4 is 0 Å². The fourth-order valence-electron chi connectivity index (χ4n) is 3.50. The molecule has 14 heavy (non-hydrogen) atoms. The predicted octanol–water partition coefficient (Wildman–Crippen LogP) is 2.62. The summed E-state index contributed by atoms with van der Waals surface area (Å²) in [5, 5.41) is 0. The number of rotatable bonds is 2. The largest absolute Gasteiger partial charge is 0.469 e. The Morgan fingerprint density at radius 3 is 2.64 bits per heavy atom. The normalized spacial score (nSPS) is 38.6. The number of fused-ring (bicyclic) bond motifs is 2. The average Bonchev–Trinajstić information content (AvgIpc) is 2.17. The topological polar surface area (TPSA) is 26.3 Å². The highest BCUT2D eigenvalue weighted by Crippen LogP contribution is 2.61. The average molecular weight is 196 g/mol. The maximum absolute atomic E-state index is 11.2. The standard InChI is InChI=1S/C12H20O2/c1-12(2)9-5-4-8(10(12)7-9)6-11(13)14-3/h8-10H,4-7H2,1-3H3/t8-,9-,10-/m1/s1. The number of carbonyl (C=O) groups is 1. The molecule has 0 N–H and O–H groups in total. The Kier molecular flexibility index (Phi) is 2.32. The third-order valence-electron chi connectivity index (χ3n) is 4.66. The maximum atomic E-state index is 11.2. The summed E-state index contributed by atoms with van der Waals surface area (Å²) in [7, 11) is 1.49. The summed E-state index contributed by atoms with van der Waals surface area (Å²) in [6.45, 7) is 4.71. The van der Waals surface area contributed by atoms with Gasteiger partial charge in [-0.05, 0) is 42.4 Å². The summed E-state index contributed by atoms with van der Waals surface area (Å²) >= 11 is 0. The Morgan fingerprint density at radius 2 is 2.14 bits per heavy atom. The number of hydrogen-bond donors (Lipinski definition) is 0. The van der Waals surface area contributed by atoms with Gasteiger partial charge in [-0.15, -0.1) is 0 Å². The molecular weight excluding hydrogens is 176 g/mol. The van der Waals surface area contributed by atoms with Gasteiger partial charge in [-0.2, -0.15) is 0 Å². The van der Waals surface area contributed by atoms with Gasteiger partial charge in [0.15, 0.2) is 0 Å². The molecule has 0 spiro atoms. The van der Waals surface area contributed by atoms with E-state index in [1.807, 2.05) is 0 Å². The van der Waals surface area contributed by atoms with Gasteiger partial charge in [0.2, 0.25) is 0 Å². The first-order valence-corrected chi connectivity index (χ1v) is 5.62. The zero-order valence-electron chi connectivity index (χ0n) is 9.38. The van der Waals surface area contributed by atoms with Crippen molar-refractivity contribution in [2.45, 2.75) is 39.5 Å². The van der Waals surface area contributed by atoms with E-state index in [0.29, 0.717) is 17.8 Å². The molecule has 0 radical (unpaired) electrons. The molecule has 2 heteroatoms. The van der Waals surface area contributed by atoms with E-state index >= 15 is 0 Å². The van der Waals surface area contributed by atoms with Crippen molar-refractivity contribution in [3.8, 4) is 0 Å². The summed E-state index contributed by atoms with van der Waals surface area (Å²) < 4.78 is 4.75. The van der Waals surface area contributed by atoms with E-state index in [0.717, 1.165) is 11.8 Å². The Morgan fingerprint density at radius 1 is 1.43 bits per heavy atom. The minimum absolute atomic E-state index is 0.0313. The molecule has 80 valence electrons. The van der Waals surface area contributed by atoms with Crippen molar-refractivity contribution in [1.82, 2.24) is 0 Å². The van der Waals surface area contributed by atoms with Gasteiger partial charge in [-0.1, -0.05) is 13.8 Å². The van der Waals surface area contributed by atoms with E-state index in [2.05, 4.69) is 13.8 Å². The van der Waals surface area contributed by atoms with Gasteiger partial charge in [0.25, 0.3) is 0 Å².